The van der Waals surface area contributed by atoms with Gasteiger partial charge in [-0.3, -0.25) is 5.41 Å². The highest BCUT2D eigenvalue weighted by atomic mass is 32.2. The fourth-order valence-electron chi connectivity index (χ4n) is 0.142. The average molecular weight is 168 g/mol. The van der Waals surface area contributed by atoms with Gasteiger partial charge in [0.25, 0.3) is 0 Å². The summed E-state index contributed by atoms with van der Waals surface area (Å²) < 4.78 is 24.6. The average Bonchev–Trinajstić information content (AvgIpc) is 1.85. The molecular weight excluding hydrogens is 160 g/mol. The summed E-state index contributed by atoms with van der Waals surface area (Å²) in [5.74, 6) is -1.26. The van der Waals surface area contributed by atoms with Gasteiger partial charge in [-0.1, -0.05) is 0 Å². The summed E-state index contributed by atoms with van der Waals surface area (Å²) in [6.07, 6.45) is 0. The maximum absolute atomic E-state index is 10.3. The van der Waals surface area contributed by atoms with Crippen molar-refractivity contribution in [1.29, 1.82) is 5.41 Å². The van der Waals surface area contributed by atoms with Crippen molar-refractivity contribution in [3.05, 3.63) is 0 Å². The summed E-state index contributed by atoms with van der Waals surface area (Å²) in [4.78, 5) is 0. The molecule has 0 aromatic carbocycles. The van der Waals surface area contributed by atoms with Crippen LogP contribution < -0.4 is 16.9 Å². The van der Waals surface area contributed by atoms with E-state index in [0.29, 0.717) is 0 Å². The molecule has 0 heterocycles. The first-order valence-electron chi connectivity index (χ1n) is 2.19. The van der Waals surface area contributed by atoms with E-state index >= 15 is 0 Å². The molecule has 60 valence electrons. The Morgan fingerprint density at radius 1 is 1.70 bits per heavy atom. The maximum Gasteiger partial charge on any atom is 0.300 e. The van der Waals surface area contributed by atoms with Crippen LogP contribution in [0.25, 0.3) is 0 Å². The second-order valence-electron chi connectivity index (χ2n) is 1.32. The quantitative estimate of drug-likeness (QED) is 0.212. The second kappa shape index (κ2) is 3.34. The molecule has 0 aliphatic heterocycles. The van der Waals surface area contributed by atoms with E-state index in [1.807, 2.05) is 0 Å². The van der Waals surface area contributed by atoms with Gasteiger partial charge in [0.1, 0.15) is 5.88 Å². The molecule has 0 saturated heterocycles. The SMILES string of the molecule is N=C(N)NOS(=O)(=O)CN. The molecule has 0 spiro atoms. The zero-order valence-corrected chi connectivity index (χ0v) is 5.81. The smallest absolute Gasteiger partial charge is 0.300 e. The monoisotopic (exact) mass is 168 g/mol. The van der Waals surface area contributed by atoms with Crippen molar-refractivity contribution in [1.82, 2.24) is 5.48 Å². The second-order valence-corrected chi connectivity index (χ2v) is 2.94. The molecule has 0 unspecified atom stereocenters. The van der Waals surface area contributed by atoms with Crippen molar-refractivity contribution in [3.63, 3.8) is 0 Å². The summed E-state index contributed by atoms with van der Waals surface area (Å²) in [5, 5.41) is 6.49. The maximum atomic E-state index is 10.3. The van der Waals surface area contributed by atoms with Gasteiger partial charge in [0.15, 0.2) is 0 Å². The van der Waals surface area contributed by atoms with Gasteiger partial charge in [0.05, 0.1) is 0 Å². The summed E-state index contributed by atoms with van der Waals surface area (Å²) in [6, 6.07) is 0. The van der Waals surface area contributed by atoms with E-state index in [2.05, 4.69) is 4.28 Å². The zero-order valence-electron chi connectivity index (χ0n) is 4.99. The van der Waals surface area contributed by atoms with Crippen LogP contribution >= 0.6 is 0 Å². The summed E-state index contributed by atoms with van der Waals surface area (Å²) in [5.41, 5.74) is 11.1. The Morgan fingerprint density at radius 2 is 2.20 bits per heavy atom. The van der Waals surface area contributed by atoms with Crippen LogP contribution in [-0.2, 0) is 14.4 Å². The third-order valence-corrected chi connectivity index (χ3v) is 1.23. The molecular formula is C2H8N4O3S. The number of nitrogens with two attached hydrogens (primary N) is 2. The molecule has 6 N–H and O–H groups in total. The van der Waals surface area contributed by atoms with Gasteiger partial charge in [-0.25, -0.2) is 5.48 Å². The number of rotatable bonds is 3. The zero-order chi connectivity index (χ0) is 8.20. The molecule has 0 atom stereocenters. The summed E-state index contributed by atoms with van der Waals surface area (Å²) in [6.45, 7) is 0. The van der Waals surface area contributed by atoms with Gasteiger partial charge >= 0.3 is 10.1 Å². The molecule has 0 radical (unpaired) electrons. The molecule has 0 saturated carbocycles. The van der Waals surface area contributed by atoms with Crippen LogP contribution in [0, 0.1) is 5.41 Å². The van der Waals surface area contributed by atoms with Crippen LogP contribution in [0.5, 0.6) is 0 Å². The van der Waals surface area contributed by atoms with Crippen molar-refractivity contribution in [2.45, 2.75) is 0 Å². The Hall–Kier alpha value is -0.860. The highest BCUT2D eigenvalue weighted by Crippen LogP contribution is 1.82. The highest BCUT2D eigenvalue weighted by molar-refractivity contribution is 7.86. The molecule has 0 fully saturated rings. The minimum atomic E-state index is -3.77. The predicted molar refractivity (Wildman–Crippen MR) is 34.1 cm³/mol. The van der Waals surface area contributed by atoms with Gasteiger partial charge in [-0.15, -0.1) is 4.28 Å². The van der Waals surface area contributed by atoms with Crippen molar-refractivity contribution in [2.24, 2.45) is 11.5 Å². The minimum absolute atomic E-state index is 0.600. The number of guanidine groups is 1. The Bertz CT molecular complexity index is 209. The lowest BCUT2D eigenvalue weighted by molar-refractivity contribution is 0.265. The van der Waals surface area contributed by atoms with Crippen LogP contribution in [-0.4, -0.2) is 20.3 Å². The van der Waals surface area contributed by atoms with Crippen molar-refractivity contribution >= 4 is 16.1 Å². The highest BCUT2D eigenvalue weighted by Gasteiger charge is 2.06. The number of hydroxylamine groups is 1. The Balaban J connectivity index is 3.81. The fraction of sp³-hybridized carbons (Fsp3) is 0.500. The van der Waals surface area contributed by atoms with Gasteiger partial charge in [-0.05, 0) is 0 Å². The molecule has 7 nitrogen and oxygen atoms in total. The Kier molecular flexibility index (Phi) is 3.06. The van der Waals surface area contributed by atoms with Crippen LogP contribution in [0.1, 0.15) is 0 Å². The van der Waals surface area contributed by atoms with E-state index in [4.69, 9.17) is 16.9 Å². The van der Waals surface area contributed by atoms with Crippen molar-refractivity contribution < 1.29 is 12.7 Å². The lowest BCUT2D eigenvalue weighted by Crippen LogP contribution is -2.34. The molecule has 10 heavy (non-hydrogen) atoms. The lowest BCUT2D eigenvalue weighted by atomic mass is 11.1. The molecule has 0 aromatic rings. The molecule has 8 heteroatoms. The molecule has 0 aromatic heterocycles. The van der Waals surface area contributed by atoms with E-state index < -0.39 is 22.0 Å². The molecule has 0 aliphatic rings. The number of nitrogens with one attached hydrogen (secondary N) is 2. The van der Waals surface area contributed by atoms with E-state index in [1.165, 1.54) is 0 Å². The number of hydrogen-bond donors (Lipinski definition) is 4. The van der Waals surface area contributed by atoms with Crippen LogP contribution in [0.3, 0.4) is 0 Å². The molecule has 0 aliphatic carbocycles. The van der Waals surface area contributed by atoms with E-state index in [-0.39, 0.29) is 0 Å². The summed E-state index contributed by atoms with van der Waals surface area (Å²) in [7, 11) is -3.77. The third kappa shape index (κ3) is 4.06. The minimum Gasteiger partial charge on any atom is -0.368 e. The molecule has 0 amide bonds. The fourth-order valence-corrected chi connectivity index (χ4v) is 0.427. The van der Waals surface area contributed by atoms with E-state index in [9.17, 15) is 8.42 Å². The first-order chi connectivity index (χ1) is 4.48. The first kappa shape index (κ1) is 9.14. The summed E-state index contributed by atoms with van der Waals surface area (Å²) >= 11 is 0. The number of hydrogen-bond acceptors (Lipinski definition) is 5. The largest absolute Gasteiger partial charge is 0.368 e. The van der Waals surface area contributed by atoms with Crippen LogP contribution in [0.4, 0.5) is 0 Å². The van der Waals surface area contributed by atoms with E-state index in [0.717, 1.165) is 0 Å². The van der Waals surface area contributed by atoms with E-state index in [1.54, 1.807) is 5.48 Å². The van der Waals surface area contributed by atoms with Crippen LogP contribution in [0.2, 0.25) is 0 Å². The lowest BCUT2D eigenvalue weighted by Gasteiger charge is -2.01. The normalized spacial score (nSPS) is 10.9. The molecule has 0 rings (SSSR count). The third-order valence-electron chi connectivity index (χ3n) is 0.483. The van der Waals surface area contributed by atoms with Crippen LogP contribution in [0.15, 0.2) is 0 Å². The molecule has 0 bridgehead atoms. The van der Waals surface area contributed by atoms with Gasteiger partial charge < -0.3 is 11.5 Å². The van der Waals surface area contributed by atoms with Crippen molar-refractivity contribution in [3.8, 4) is 0 Å². The van der Waals surface area contributed by atoms with Gasteiger partial charge in [0, 0.05) is 0 Å². The van der Waals surface area contributed by atoms with Gasteiger partial charge in [-0.2, -0.15) is 8.42 Å². The van der Waals surface area contributed by atoms with Crippen molar-refractivity contribution in [2.75, 3.05) is 5.88 Å². The standard InChI is InChI=1S/C2H8N4O3S/c3-1-10(7,8)9-6-2(4)5/h1,3H2,(H4,4,5,6). The Morgan fingerprint density at radius 3 is 2.50 bits per heavy atom. The predicted octanol–water partition coefficient (Wildman–Crippen LogP) is -2.35. The first-order valence-corrected chi connectivity index (χ1v) is 3.77. The topological polar surface area (TPSA) is 131 Å². The van der Waals surface area contributed by atoms with Gasteiger partial charge in [0.2, 0.25) is 5.96 Å². The Labute approximate surface area is 57.9 Å².